The third kappa shape index (κ3) is 3.85. The Kier molecular flexibility index (Phi) is 5.16. The average molecular weight is 382 g/mol. The maximum atomic E-state index is 12.6. The number of thioether (sulfide) groups is 1. The molecule has 1 atom stereocenters. The van der Waals surface area contributed by atoms with Gasteiger partial charge < -0.3 is 13.9 Å². The molecule has 1 saturated heterocycles. The molecule has 1 aromatic heterocycles. The van der Waals surface area contributed by atoms with Crippen molar-refractivity contribution in [2.45, 2.75) is 24.0 Å². The van der Waals surface area contributed by atoms with Crippen molar-refractivity contribution >= 4 is 34.7 Å². The molecule has 3 aromatic rings. The van der Waals surface area contributed by atoms with E-state index >= 15 is 0 Å². The van der Waals surface area contributed by atoms with Crippen LogP contribution in [0.1, 0.15) is 28.1 Å². The van der Waals surface area contributed by atoms with Crippen LogP contribution in [0.25, 0.3) is 11.0 Å². The minimum absolute atomic E-state index is 0.163. The zero-order valence-corrected chi connectivity index (χ0v) is 15.4. The topological polar surface area (TPSA) is 65.7 Å². The quantitative estimate of drug-likeness (QED) is 0.591. The minimum Gasteiger partial charge on any atom is -0.463 e. The number of cyclic esters (lactones) is 1. The van der Waals surface area contributed by atoms with Crippen molar-refractivity contribution < 1.29 is 23.5 Å². The van der Waals surface area contributed by atoms with Crippen molar-refractivity contribution in [1.29, 1.82) is 0 Å². The molecule has 0 unspecified atom stereocenters. The summed E-state index contributed by atoms with van der Waals surface area (Å²) in [6.45, 7) is 0.274. The number of esters is 2. The molecule has 5 nitrogen and oxygen atoms in total. The molecule has 27 heavy (non-hydrogen) atoms. The molecule has 0 bridgehead atoms. The predicted molar refractivity (Wildman–Crippen MR) is 102 cm³/mol. The lowest BCUT2D eigenvalue weighted by Gasteiger charge is -2.08. The van der Waals surface area contributed by atoms with Gasteiger partial charge in [-0.2, -0.15) is 11.8 Å². The van der Waals surface area contributed by atoms with Crippen LogP contribution in [-0.2, 0) is 25.8 Å². The standard InChI is InChI=1S/C21H18O5S/c22-20-18(10-11-24-20)26-21(23)19-16(15-8-4-5-9-17(15)25-19)13-27-12-14-6-2-1-3-7-14/h1-9,18H,10-13H2/t18-/m1/s1. The van der Waals surface area contributed by atoms with Crippen LogP contribution >= 0.6 is 11.8 Å². The van der Waals surface area contributed by atoms with Crippen LogP contribution in [0.4, 0.5) is 0 Å². The molecule has 0 amide bonds. The highest BCUT2D eigenvalue weighted by Gasteiger charge is 2.32. The smallest absolute Gasteiger partial charge is 0.375 e. The van der Waals surface area contributed by atoms with Gasteiger partial charge >= 0.3 is 11.9 Å². The molecule has 6 heteroatoms. The van der Waals surface area contributed by atoms with E-state index < -0.39 is 18.0 Å². The zero-order chi connectivity index (χ0) is 18.6. The number of carbonyl (C=O) groups excluding carboxylic acids is 2. The lowest BCUT2D eigenvalue weighted by Crippen LogP contribution is -2.22. The van der Waals surface area contributed by atoms with Crippen LogP contribution < -0.4 is 0 Å². The Morgan fingerprint density at radius 3 is 2.63 bits per heavy atom. The first-order valence-electron chi connectivity index (χ1n) is 8.72. The van der Waals surface area contributed by atoms with Gasteiger partial charge in [0.2, 0.25) is 11.9 Å². The summed E-state index contributed by atoms with van der Waals surface area (Å²) in [5, 5.41) is 0.888. The van der Waals surface area contributed by atoms with Crippen LogP contribution in [0.2, 0.25) is 0 Å². The van der Waals surface area contributed by atoms with E-state index in [0.29, 0.717) is 17.8 Å². The summed E-state index contributed by atoms with van der Waals surface area (Å²) in [4.78, 5) is 24.2. The Labute approximate surface area is 160 Å². The molecule has 2 heterocycles. The molecular weight excluding hydrogens is 364 g/mol. The number of furan rings is 1. The molecule has 138 valence electrons. The number of hydrogen-bond donors (Lipinski definition) is 0. The van der Waals surface area contributed by atoms with Gasteiger partial charge in [-0.25, -0.2) is 9.59 Å². The largest absolute Gasteiger partial charge is 0.463 e. The number of rotatable bonds is 6. The van der Waals surface area contributed by atoms with Crippen LogP contribution in [0.5, 0.6) is 0 Å². The number of para-hydroxylation sites is 1. The summed E-state index contributed by atoms with van der Waals surface area (Å²) in [6.07, 6.45) is -0.473. The number of carbonyl (C=O) groups is 2. The SMILES string of the molecule is O=C(O[C@@H]1CCOC1=O)c1oc2ccccc2c1CSCc1ccccc1. The van der Waals surface area contributed by atoms with Gasteiger partial charge in [-0.05, 0) is 11.6 Å². The summed E-state index contributed by atoms with van der Waals surface area (Å²) in [5.74, 6) is 0.469. The summed E-state index contributed by atoms with van der Waals surface area (Å²) in [6, 6.07) is 17.7. The Morgan fingerprint density at radius 2 is 1.85 bits per heavy atom. The lowest BCUT2D eigenvalue weighted by atomic mass is 10.1. The highest BCUT2D eigenvalue weighted by Crippen LogP contribution is 2.31. The van der Waals surface area contributed by atoms with Crippen molar-refractivity contribution in [3.63, 3.8) is 0 Å². The highest BCUT2D eigenvalue weighted by atomic mass is 32.2. The number of fused-ring (bicyclic) bond motifs is 1. The fourth-order valence-electron chi connectivity index (χ4n) is 3.02. The molecule has 1 fully saturated rings. The van der Waals surface area contributed by atoms with Crippen LogP contribution in [0.3, 0.4) is 0 Å². The van der Waals surface area contributed by atoms with E-state index in [0.717, 1.165) is 16.7 Å². The van der Waals surface area contributed by atoms with E-state index in [-0.39, 0.29) is 12.4 Å². The normalized spacial score (nSPS) is 16.4. The van der Waals surface area contributed by atoms with E-state index in [4.69, 9.17) is 13.9 Å². The Morgan fingerprint density at radius 1 is 1.07 bits per heavy atom. The Hall–Kier alpha value is -2.73. The molecule has 0 saturated carbocycles. The summed E-state index contributed by atoms with van der Waals surface area (Å²) in [5.41, 5.74) is 2.64. The van der Waals surface area contributed by atoms with E-state index in [1.807, 2.05) is 42.5 Å². The van der Waals surface area contributed by atoms with Crippen molar-refractivity contribution in [2.75, 3.05) is 6.61 Å². The van der Waals surface area contributed by atoms with Gasteiger partial charge in [-0.3, -0.25) is 0 Å². The third-order valence-corrected chi connectivity index (χ3v) is 5.41. The molecule has 1 aliphatic rings. The molecule has 1 aliphatic heterocycles. The summed E-state index contributed by atoms with van der Waals surface area (Å²) >= 11 is 1.69. The fourth-order valence-corrected chi connectivity index (χ4v) is 4.04. The predicted octanol–water partition coefficient (Wildman–Crippen LogP) is 4.34. The van der Waals surface area contributed by atoms with Gasteiger partial charge in [0.15, 0.2) is 0 Å². The Balaban J connectivity index is 1.55. The third-order valence-electron chi connectivity index (χ3n) is 4.38. The first-order valence-corrected chi connectivity index (χ1v) is 9.87. The van der Waals surface area contributed by atoms with E-state index in [2.05, 4.69) is 12.1 Å². The lowest BCUT2D eigenvalue weighted by molar-refractivity contribution is -0.145. The maximum Gasteiger partial charge on any atom is 0.375 e. The van der Waals surface area contributed by atoms with Crippen LogP contribution in [0, 0.1) is 0 Å². The number of benzene rings is 2. The van der Waals surface area contributed by atoms with Gasteiger partial charge in [0.1, 0.15) is 5.58 Å². The summed E-state index contributed by atoms with van der Waals surface area (Å²) in [7, 11) is 0. The van der Waals surface area contributed by atoms with Gasteiger partial charge in [0, 0.05) is 28.9 Å². The second kappa shape index (κ2) is 7.88. The molecule has 0 spiro atoms. The monoisotopic (exact) mass is 382 g/mol. The number of hydrogen-bond acceptors (Lipinski definition) is 6. The first kappa shape index (κ1) is 17.7. The molecule has 0 radical (unpaired) electrons. The van der Waals surface area contributed by atoms with Gasteiger partial charge in [0.05, 0.1) is 6.61 Å². The molecule has 2 aromatic carbocycles. The second-order valence-corrected chi connectivity index (χ2v) is 7.22. The Bertz CT molecular complexity index is 963. The molecule has 4 rings (SSSR count). The highest BCUT2D eigenvalue weighted by molar-refractivity contribution is 7.97. The minimum atomic E-state index is -0.851. The van der Waals surface area contributed by atoms with Crippen molar-refractivity contribution in [3.8, 4) is 0 Å². The summed E-state index contributed by atoms with van der Waals surface area (Å²) < 4.78 is 16.0. The first-order chi connectivity index (χ1) is 13.2. The fraction of sp³-hybridized carbons (Fsp3) is 0.238. The van der Waals surface area contributed by atoms with Crippen molar-refractivity contribution in [1.82, 2.24) is 0 Å². The van der Waals surface area contributed by atoms with Crippen molar-refractivity contribution in [3.05, 3.63) is 71.5 Å². The molecule has 0 aliphatic carbocycles. The van der Waals surface area contributed by atoms with Crippen LogP contribution in [-0.4, -0.2) is 24.6 Å². The maximum absolute atomic E-state index is 12.6. The van der Waals surface area contributed by atoms with E-state index in [1.165, 1.54) is 5.56 Å². The van der Waals surface area contributed by atoms with Gasteiger partial charge in [-0.1, -0.05) is 48.5 Å². The van der Waals surface area contributed by atoms with Crippen molar-refractivity contribution in [2.24, 2.45) is 0 Å². The number of ether oxygens (including phenoxy) is 2. The van der Waals surface area contributed by atoms with E-state index in [1.54, 1.807) is 11.8 Å². The van der Waals surface area contributed by atoms with Gasteiger partial charge in [0.25, 0.3) is 0 Å². The van der Waals surface area contributed by atoms with E-state index in [9.17, 15) is 9.59 Å². The molecule has 0 N–H and O–H groups in total. The zero-order valence-electron chi connectivity index (χ0n) is 14.6. The average Bonchev–Trinajstić information content (AvgIpc) is 3.26. The van der Waals surface area contributed by atoms with Gasteiger partial charge in [-0.15, -0.1) is 0 Å². The second-order valence-electron chi connectivity index (χ2n) is 6.23. The van der Waals surface area contributed by atoms with Crippen LogP contribution in [0.15, 0.2) is 59.0 Å². The molecular formula is C21H18O5S.